The molecule has 8 heteroatoms. The van der Waals surface area contributed by atoms with Gasteiger partial charge in [-0.2, -0.15) is 0 Å². The molecule has 0 atom stereocenters. The average Bonchev–Trinajstić information content (AvgIpc) is 3.17. The molecular weight excluding hydrogens is 390 g/mol. The molecule has 5 rings (SSSR count). The number of hydrogen-bond acceptors (Lipinski definition) is 6. The highest BCUT2D eigenvalue weighted by Gasteiger charge is 2.26. The van der Waals surface area contributed by atoms with Crippen LogP contribution in [-0.2, 0) is 0 Å². The maximum atomic E-state index is 12.7. The van der Waals surface area contributed by atoms with Crippen molar-refractivity contribution in [3.63, 3.8) is 0 Å². The summed E-state index contributed by atoms with van der Waals surface area (Å²) in [4.78, 5) is 32.2. The van der Waals surface area contributed by atoms with Crippen LogP contribution in [0.3, 0.4) is 0 Å². The van der Waals surface area contributed by atoms with E-state index < -0.39 is 0 Å². The van der Waals surface area contributed by atoms with Gasteiger partial charge in [-0.25, -0.2) is 4.98 Å². The summed E-state index contributed by atoms with van der Waals surface area (Å²) in [5, 5.41) is 3.54. The first-order chi connectivity index (χ1) is 14.1. The lowest BCUT2D eigenvalue weighted by Crippen LogP contribution is -2.26. The van der Waals surface area contributed by atoms with E-state index in [1.807, 2.05) is 12.1 Å². The van der Waals surface area contributed by atoms with E-state index in [0.29, 0.717) is 33.3 Å². The first-order valence-electron chi connectivity index (χ1n) is 8.86. The van der Waals surface area contributed by atoms with Gasteiger partial charge in [0, 0.05) is 29.4 Å². The van der Waals surface area contributed by atoms with Crippen LogP contribution in [0.5, 0.6) is 11.5 Å². The van der Waals surface area contributed by atoms with Crippen LogP contribution in [0.2, 0.25) is 0 Å². The Bertz CT molecular complexity index is 1160. The summed E-state index contributed by atoms with van der Waals surface area (Å²) in [5.41, 5.74) is 2.41. The van der Waals surface area contributed by atoms with Crippen molar-refractivity contribution >= 4 is 35.0 Å². The minimum atomic E-state index is -0.259. The molecular formula is C21H15N3O4S. The molecule has 0 saturated heterocycles. The monoisotopic (exact) mass is 405 g/mol. The number of amides is 2. The van der Waals surface area contributed by atoms with Crippen LogP contribution in [0.1, 0.15) is 20.7 Å². The Labute approximate surface area is 170 Å². The predicted molar refractivity (Wildman–Crippen MR) is 108 cm³/mol. The number of rotatable bonds is 2. The summed E-state index contributed by atoms with van der Waals surface area (Å²) in [6.07, 6.45) is 1.66. The molecule has 144 valence electrons. The highest BCUT2D eigenvalue weighted by atomic mass is 32.2. The third-order valence-electron chi connectivity index (χ3n) is 4.73. The van der Waals surface area contributed by atoms with Crippen LogP contribution in [0.25, 0.3) is 0 Å². The Morgan fingerprint density at radius 2 is 2.00 bits per heavy atom. The highest BCUT2D eigenvalue weighted by molar-refractivity contribution is 7.99. The molecule has 3 heterocycles. The fourth-order valence-electron chi connectivity index (χ4n) is 3.22. The lowest BCUT2D eigenvalue weighted by molar-refractivity contribution is 0.0987. The van der Waals surface area contributed by atoms with Gasteiger partial charge in [0.15, 0.2) is 11.5 Å². The van der Waals surface area contributed by atoms with Gasteiger partial charge in [-0.1, -0.05) is 11.8 Å². The maximum absolute atomic E-state index is 12.7. The van der Waals surface area contributed by atoms with E-state index in [2.05, 4.69) is 10.3 Å². The Hall–Kier alpha value is -3.52. The van der Waals surface area contributed by atoms with Gasteiger partial charge in [-0.3, -0.25) is 9.59 Å². The van der Waals surface area contributed by atoms with Gasteiger partial charge in [0.2, 0.25) is 6.79 Å². The van der Waals surface area contributed by atoms with Crippen molar-refractivity contribution in [3.8, 4) is 11.5 Å². The number of nitrogens with zero attached hydrogens (tertiary/aromatic N) is 2. The third kappa shape index (κ3) is 3.07. The number of carbonyl (C=O) groups excluding carboxylic acids is 2. The van der Waals surface area contributed by atoms with Crippen molar-refractivity contribution in [2.45, 2.75) is 9.92 Å². The molecule has 0 unspecified atom stereocenters. The van der Waals surface area contributed by atoms with Crippen LogP contribution in [0, 0.1) is 0 Å². The van der Waals surface area contributed by atoms with E-state index in [-0.39, 0.29) is 18.6 Å². The molecule has 1 aromatic heterocycles. The molecule has 0 radical (unpaired) electrons. The Morgan fingerprint density at radius 3 is 2.90 bits per heavy atom. The molecule has 2 aromatic carbocycles. The first kappa shape index (κ1) is 17.6. The zero-order valence-electron chi connectivity index (χ0n) is 15.3. The van der Waals surface area contributed by atoms with E-state index >= 15 is 0 Å². The molecule has 0 aliphatic carbocycles. The zero-order chi connectivity index (χ0) is 20.0. The molecule has 0 saturated carbocycles. The van der Waals surface area contributed by atoms with E-state index in [9.17, 15) is 9.59 Å². The van der Waals surface area contributed by atoms with Crippen molar-refractivity contribution in [2.75, 3.05) is 24.1 Å². The SMILES string of the molecule is CN1C(=O)c2cccnc2Sc2cc(NC(=O)c3ccc4c(c3)OCO4)ccc21. The van der Waals surface area contributed by atoms with Gasteiger partial charge >= 0.3 is 0 Å². The lowest BCUT2D eigenvalue weighted by atomic mass is 10.1. The number of carbonyl (C=O) groups is 2. The largest absolute Gasteiger partial charge is 0.454 e. The van der Waals surface area contributed by atoms with Crippen LogP contribution >= 0.6 is 11.8 Å². The summed E-state index contributed by atoms with van der Waals surface area (Å²) < 4.78 is 10.6. The van der Waals surface area contributed by atoms with Crippen molar-refractivity contribution in [1.29, 1.82) is 0 Å². The second-order valence-corrected chi connectivity index (χ2v) is 7.56. The molecule has 0 fully saturated rings. The Balaban J connectivity index is 1.45. The van der Waals surface area contributed by atoms with Crippen LogP contribution in [0.15, 0.2) is 64.6 Å². The molecule has 2 aliphatic heterocycles. The second-order valence-electron chi connectivity index (χ2n) is 6.53. The predicted octanol–water partition coefficient (Wildman–Crippen LogP) is 3.80. The maximum Gasteiger partial charge on any atom is 0.260 e. The normalized spacial score (nSPS) is 14.1. The summed E-state index contributed by atoms with van der Waals surface area (Å²) >= 11 is 1.40. The number of anilines is 2. The molecule has 0 bridgehead atoms. The zero-order valence-corrected chi connectivity index (χ0v) is 16.2. The highest BCUT2D eigenvalue weighted by Crippen LogP contribution is 2.41. The fraction of sp³-hybridized carbons (Fsp3) is 0.0952. The topological polar surface area (TPSA) is 80.8 Å². The number of nitrogens with one attached hydrogen (secondary N) is 1. The standard InChI is InChI=1S/C21H15N3O4S/c1-24-15-6-5-13(10-18(15)29-20-14(21(24)26)3-2-8-22-20)23-19(25)12-4-7-16-17(9-12)28-11-27-16/h2-10H,11H2,1H3,(H,23,25). The quantitative estimate of drug-likeness (QED) is 0.698. The number of ether oxygens (including phenoxy) is 2. The van der Waals surface area contributed by atoms with Gasteiger partial charge in [-0.05, 0) is 48.5 Å². The van der Waals surface area contributed by atoms with E-state index in [1.54, 1.807) is 54.5 Å². The number of aromatic nitrogens is 1. The van der Waals surface area contributed by atoms with Crippen LogP contribution < -0.4 is 19.7 Å². The minimum absolute atomic E-state index is 0.114. The van der Waals surface area contributed by atoms with Gasteiger partial charge in [0.1, 0.15) is 5.03 Å². The minimum Gasteiger partial charge on any atom is -0.454 e. The number of fused-ring (bicyclic) bond motifs is 3. The summed E-state index contributed by atoms with van der Waals surface area (Å²) in [6, 6.07) is 14.0. The number of pyridine rings is 1. The van der Waals surface area contributed by atoms with Crippen molar-refractivity contribution in [2.24, 2.45) is 0 Å². The average molecular weight is 405 g/mol. The van der Waals surface area contributed by atoms with E-state index in [1.165, 1.54) is 11.8 Å². The van der Waals surface area contributed by atoms with E-state index in [0.717, 1.165) is 10.6 Å². The first-order valence-corrected chi connectivity index (χ1v) is 9.68. The molecule has 0 spiro atoms. The molecule has 7 nitrogen and oxygen atoms in total. The number of benzene rings is 2. The molecule has 2 amide bonds. The van der Waals surface area contributed by atoms with Crippen molar-refractivity contribution in [1.82, 2.24) is 4.98 Å². The molecule has 29 heavy (non-hydrogen) atoms. The molecule has 1 N–H and O–H groups in total. The lowest BCUT2D eigenvalue weighted by Gasteiger charge is -2.18. The smallest absolute Gasteiger partial charge is 0.260 e. The Kier molecular flexibility index (Phi) is 4.13. The third-order valence-corrected chi connectivity index (χ3v) is 5.79. The summed E-state index contributed by atoms with van der Waals surface area (Å²) in [5.74, 6) is 0.807. The second kappa shape index (κ2) is 6.82. The van der Waals surface area contributed by atoms with Gasteiger partial charge in [0.25, 0.3) is 11.8 Å². The fourth-order valence-corrected chi connectivity index (χ4v) is 4.30. The van der Waals surface area contributed by atoms with Crippen molar-refractivity contribution in [3.05, 3.63) is 65.9 Å². The van der Waals surface area contributed by atoms with Gasteiger partial charge in [0.05, 0.1) is 11.3 Å². The van der Waals surface area contributed by atoms with E-state index in [4.69, 9.17) is 9.47 Å². The summed E-state index contributed by atoms with van der Waals surface area (Å²) in [6.45, 7) is 0.157. The summed E-state index contributed by atoms with van der Waals surface area (Å²) in [7, 11) is 1.73. The van der Waals surface area contributed by atoms with Crippen LogP contribution in [0.4, 0.5) is 11.4 Å². The molecule has 2 aliphatic rings. The van der Waals surface area contributed by atoms with Crippen molar-refractivity contribution < 1.29 is 19.1 Å². The number of hydrogen-bond donors (Lipinski definition) is 1. The van der Waals surface area contributed by atoms with Crippen LogP contribution in [-0.4, -0.2) is 30.6 Å². The van der Waals surface area contributed by atoms with Gasteiger partial charge in [-0.15, -0.1) is 0 Å². The Morgan fingerprint density at radius 1 is 1.14 bits per heavy atom. The molecule has 3 aromatic rings. The van der Waals surface area contributed by atoms with Gasteiger partial charge < -0.3 is 19.7 Å².